The summed E-state index contributed by atoms with van der Waals surface area (Å²) in [5, 5.41) is 23.5. The lowest BCUT2D eigenvalue weighted by Gasteiger charge is -2.11. The third kappa shape index (κ3) is 3.11. The van der Waals surface area contributed by atoms with Crippen molar-refractivity contribution in [3.8, 4) is 0 Å². The molecular weight excluding hydrogens is 258 g/mol. The van der Waals surface area contributed by atoms with Gasteiger partial charge in [0.05, 0.1) is 6.10 Å². The summed E-state index contributed by atoms with van der Waals surface area (Å²) in [6, 6.07) is 7.93. The van der Waals surface area contributed by atoms with Crippen molar-refractivity contribution < 1.29 is 5.11 Å². The largest absolute Gasteiger partial charge is 0.387 e. The van der Waals surface area contributed by atoms with Gasteiger partial charge in [-0.2, -0.15) is 0 Å². The SMILES string of the molecule is Cc1cccc(C(O)CNc2nnc(C3CC3)s2)c1. The van der Waals surface area contributed by atoms with Crippen molar-refractivity contribution in [3.63, 3.8) is 0 Å². The number of aliphatic hydroxyl groups is 1. The van der Waals surface area contributed by atoms with Crippen LogP contribution in [0.4, 0.5) is 5.13 Å². The van der Waals surface area contributed by atoms with E-state index in [1.165, 1.54) is 12.8 Å². The normalized spacial score (nSPS) is 16.3. The number of aryl methyl sites for hydroxylation is 1. The summed E-state index contributed by atoms with van der Waals surface area (Å²) in [5.41, 5.74) is 2.09. The molecule has 1 unspecified atom stereocenters. The average Bonchev–Trinajstić information content (AvgIpc) is 3.15. The van der Waals surface area contributed by atoms with Crippen molar-refractivity contribution in [3.05, 3.63) is 40.4 Å². The van der Waals surface area contributed by atoms with Crippen molar-refractivity contribution in [2.24, 2.45) is 0 Å². The van der Waals surface area contributed by atoms with Crippen LogP contribution in [0.3, 0.4) is 0 Å². The molecule has 4 nitrogen and oxygen atoms in total. The fourth-order valence-corrected chi connectivity index (χ4v) is 2.90. The third-order valence-electron chi connectivity index (χ3n) is 3.24. The first-order valence-electron chi connectivity index (χ1n) is 6.54. The van der Waals surface area contributed by atoms with Crippen LogP contribution in [0.15, 0.2) is 24.3 Å². The van der Waals surface area contributed by atoms with Gasteiger partial charge >= 0.3 is 0 Å². The van der Waals surface area contributed by atoms with E-state index in [9.17, 15) is 5.11 Å². The maximum atomic E-state index is 10.1. The van der Waals surface area contributed by atoms with Gasteiger partial charge in [-0.05, 0) is 25.3 Å². The molecule has 2 N–H and O–H groups in total. The molecule has 5 heteroatoms. The Bertz CT molecular complexity index is 565. The molecule has 1 aliphatic carbocycles. The number of aliphatic hydroxyl groups excluding tert-OH is 1. The molecule has 0 spiro atoms. The van der Waals surface area contributed by atoms with Crippen molar-refractivity contribution in [1.82, 2.24) is 10.2 Å². The first-order valence-corrected chi connectivity index (χ1v) is 7.36. The van der Waals surface area contributed by atoms with Crippen LogP contribution in [-0.4, -0.2) is 21.8 Å². The van der Waals surface area contributed by atoms with Gasteiger partial charge in [0.25, 0.3) is 0 Å². The van der Waals surface area contributed by atoms with E-state index in [0.29, 0.717) is 12.5 Å². The van der Waals surface area contributed by atoms with E-state index in [4.69, 9.17) is 0 Å². The minimum Gasteiger partial charge on any atom is -0.387 e. The van der Waals surface area contributed by atoms with Gasteiger partial charge in [-0.3, -0.25) is 0 Å². The first-order chi connectivity index (χ1) is 9.22. The summed E-state index contributed by atoms with van der Waals surface area (Å²) in [6.07, 6.45) is 1.95. The monoisotopic (exact) mass is 275 g/mol. The maximum Gasteiger partial charge on any atom is 0.205 e. The molecule has 1 aromatic carbocycles. The molecule has 3 rings (SSSR count). The quantitative estimate of drug-likeness (QED) is 0.881. The summed E-state index contributed by atoms with van der Waals surface area (Å²) < 4.78 is 0. The smallest absolute Gasteiger partial charge is 0.205 e. The molecule has 1 fully saturated rings. The lowest BCUT2D eigenvalue weighted by molar-refractivity contribution is 0.191. The summed E-state index contributed by atoms with van der Waals surface area (Å²) in [7, 11) is 0. The number of aromatic nitrogens is 2. The van der Waals surface area contributed by atoms with E-state index in [1.54, 1.807) is 11.3 Å². The number of rotatable bonds is 5. The Hall–Kier alpha value is -1.46. The Morgan fingerprint density at radius 3 is 3.00 bits per heavy atom. The van der Waals surface area contributed by atoms with E-state index in [0.717, 1.165) is 21.3 Å². The zero-order chi connectivity index (χ0) is 13.2. The Morgan fingerprint density at radius 2 is 2.26 bits per heavy atom. The molecule has 0 aliphatic heterocycles. The van der Waals surface area contributed by atoms with Crippen LogP contribution in [0.2, 0.25) is 0 Å². The molecular formula is C14H17N3OS. The van der Waals surface area contributed by atoms with Crippen LogP contribution in [0, 0.1) is 6.92 Å². The predicted octanol–water partition coefficient (Wildman–Crippen LogP) is 2.87. The highest BCUT2D eigenvalue weighted by Gasteiger charge is 2.27. The lowest BCUT2D eigenvalue weighted by Crippen LogP contribution is -2.12. The summed E-state index contributed by atoms with van der Waals surface area (Å²) in [6.45, 7) is 2.49. The van der Waals surface area contributed by atoms with Crippen LogP contribution in [-0.2, 0) is 0 Å². The van der Waals surface area contributed by atoms with E-state index in [2.05, 4.69) is 15.5 Å². The van der Waals surface area contributed by atoms with Gasteiger partial charge < -0.3 is 10.4 Å². The van der Waals surface area contributed by atoms with Crippen molar-refractivity contribution in [2.45, 2.75) is 31.8 Å². The number of nitrogens with zero attached hydrogens (tertiary/aromatic N) is 2. The van der Waals surface area contributed by atoms with Crippen LogP contribution in [0.5, 0.6) is 0 Å². The molecule has 1 aliphatic rings. The second kappa shape index (κ2) is 5.27. The zero-order valence-corrected chi connectivity index (χ0v) is 11.7. The Balaban J connectivity index is 1.58. The number of anilines is 1. The van der Waals surface area contributed by atoms with E-state index >= 15 is 0 Å². The minimum atomic E-state index is -0.520. The van der Waals surface area contributed by atoms with E-state index in [1.807, 2.05) is 31.2 Å². The second-order valence-electron chi connectivity index (χ2n) is 5.03. The lowest BCUT2D eigenvalue weighted by atomic mass is 10.1. The van der Waals surface area contributed by atoms with Crippen molar-refractivity contribution >= 4 is 16.5 Å². The minimum absolute atomic E-state index is 0.461. The number of nitrogens with one attached hydrogen (secondary N) is 1. The number of hydrogen-bond acceptors (Lipinski definition) is 5. The van der Waals surface area contributed by atoms with Gasteiger partial charge in [0.2, 0.25) is 5.13 Å². The Morgan fingerprint density at radius 1 is 1.42 bits per heavy atom. The highest BCUT2D eigenvalue weighted by atomic mass is 32.1. The maximum absolute atomic E-state index is 10.1. The molecule has 1 heterocycles. The van der Waals surface area contributed by atoms with Crippen LogP contribution in [0.1, 0.15) is 41.0 Å². The van der Waals surface area contributed by atoms with Crippen molar-refractivity contribution in [2.75, 3.05) is 11.9 Å². The van der Waals surface area contributed by atoms with Crippen LogP contribution < -0.4 is 5.32 Å². The highest BCUT2D eigenvalue weighted by molar-refractivity contribution is 7.15. The molecule has 2 aromatic rings. The molecule has 19 heavy (non-hydrogen) atoms. The Kier molecular flexibility index (Phi) is 3.48. The predicted molar refractivity (Wildman–Crippen MR) is 76.5 cm³/mol. The van der Waals surface area contributed by atoms with Gasteiger partial charge in [0.15, 0.2) is 0 Å². The van der Waals surface area contributed by atoms with Gasteiger partial charge in [-0.25, -0.2) is 0 Å². The van der Waals surface area contributed by atoms with Crippen LogP contribution in [0.25, 0.3) is 0 Å². The topological polar surface area (TPSA) is 58.0 Å². The van der Waals surface area contributed by atoms with Gasteiger partial charge in [-0.15, -0.1) is 10.2 Å². The summed E-state index contributed by atoms with van der Waals surface area (Å²) in [4.78, 5) is 0. The fourth-order valence-electron chi connectivity index (χ4n) is 1.98. The summed E-state index contributed by atoms with van der Waals surface area (Å²) >= 11 is 1.60. The molecule has 100 valence electrons. The molecule has 1 aromatic heterocycles. The molecule has 0 amide bonds. The Labute approximate surface area is 116 Å². The number of hydrogen-bond donors (Lipinski definition) is 2. The first kappa shape index (κ1) is 12.6. The van der Waals surface area contributed by atoms with Gasteiger partial charge in [0.1, 0.15) is 5.01 Å². The van der Waals surface area contributed by atoms with E-state index in [-0.39, 0.29) is 0 Å². The van der Waals surface area contributed by atoms with Gasteiger partial charge in [0, 0.05) is 12.5 Å². The third-order valence-corrected chi connectivity index (χ3v) is 4.28. The molecule has 0 bridgehead atoms. The number of benzene rings is 1. The fraction of sp³-hybridized carbons (Fsp3) is 0.429. The van der Waals surface area contributed by atoms with Crippen molar-refractivity contribution in [1.29, 1.82) is 0 Å². The molecule has 1 saturated carbocycles. The zero-order valence-electron chi connectivity index (χ0n) is 10.8. The average molecular weight is 275 g/mol. The molecule has 0 saturated heterocycles. The summed E-state index contributed by atoms with van der Waals surface area (Å²) in [5.74, 6) is 0.634. The highest BCUT2D eigenvalue weighted by Crippen LogP contribution is 2.42. The second-order valence-corrected chi connectivity index (χ2v) is 6.04. The van der Waals surface area contributed by atoms with Gasteiger partial charge in [-0.1, -0.05) is 41.2 Å². The molecule has 1 atom stereocenters. The van der Waals surface area contributed by atoms with Crippen LogP contribution >= 0.6 is 11.3 Å². The van der Waals surface area contributed by atoms with E-state index < -0.39 is 6.10 Å². The standard InChI is InChI=1S/C14H17N3OS/c1-9-3-2-4-11(7-9)12(18)8-15-14-17-16-13(19-14)10-5-6-10/h2-4,7,10,12,18H,5-6,8H2,1H3,(H,15,17). The molecule has 0 radical (unpaired) electrons.